The molecule has 0 aliphatic heterocycles. The average Bonchev–Trinajstić information content (AvgIpc) is 2.85. The molecule has 168 valence electrons. The highest BCUT2D eigenvalue weighted by Crippen LogP contribution is 2.27. The monoisotopic (exact) mass is 430 g/mol. The lowest BCUT2D eigenvalue weighted by Gasteiger charge is -2.17. The van der Waals surface area contributed by atoms with Crippen LogP contribution in [0.2, 0.25) is 0 Å². The molecule has 0 bridgehead atoms. The van der Waals surface area contributed by atoms with Gasteiger partial charge in [0.15, 0.2) is 0 Å². The Kier molecular flexibility index (Phi) is 10.0. The third-order valence-electron chi connectivity index (χ3n) is 5.80. The number of methoxy groups -OCH3 is 1. The van der Waals surface area contributed by atoms with E-state index in [1.54, 1.807) is 7.11 Å². The molecular weight excluding hydrogens is 396 g/mol. The second-order valence-electron chi connectivity index (χ2n) is 8.23. The summed E-state index contributed by atoms with van der Waals surface area (Å²) < 4.78 is 11.2. The van der Waals surface area contributed by atoms with Crippen molar-refractivity contribution in [3.05, 3.63) is 102 Å². The van der Waals surface area contributed by atoms with Crippen molar-refractivity contribution in [1.82, 2.24) is 0 Å². The van der Waals surface area contributed by atoms with E-state index in [4.69, 9.17) is 9.47 Å². The third-order valence-corrected chi connectivity index (χ3v) is 5.80. The van der Waals surface area contributed by atoms with Crippen molar-refractivity contribution in [2.75, 3.05) is 13.7 Å². The number of Topliss-reactive ketones (excluding diaryl/α,β-unsaturated/α-hetero) is 1. The summed E-state index contributed by atoms with van der Waals surface area (Å²) in [6.45, 7) is 1.23. The second kappa shape index (κ2) is 13.5. The van der Waals surface area contributed by atoms with Crippen LogP contribution in [-0.4, -0.2) is 19.5 Å². The molecule has 0 amide bonds. The molecule has 0 fully saturated rings. The van der Waals surface area contributed by atoms with E-state index < -0.39 is 0 Å². The average molecular weight is 431 g/mol. The van der Waals surface area contributed by atoms with E-state index in [2.05, 4.69) is 48.5 Å². The second-order valence-corrected chi connectivity index (χ2v) is 8.23. The van der Waals surface area contributed by atoms with Gasteiger partial charge in [0, 0.05) is 19.4 Å². The molecule has 0 N–H and O–H groups in total. The van der Waals surface area contributed by atoms with E-state index >= 15 is 0 Å². The highest BCUT2D eigenvalue weighted by atomic mass is 16.5. The minimum Gasteiger partial charge on any atom is -0.497 e. The maximum Gasteiger partial charge on any atom is 0.133 e. The van der Waals surface area contributed by atoms with Crippen LogP contribution >= 0.6 is 0 Å². The summed E-state index contributed by atoms with van der Waals surface area (Å²) in [6.07, 6.45) is 5.05. The zero-order valence-electron chi connectivity index (χ0n) is 19.0. The van der Waals surface area contributed by atoms with E-state index in [1.807, 2.05) is 36.4 Å². The van der Waals surface area contributed by atoms with Crippen molar-refractivity contribution in [3.8, 4) is 5.75 Å². The molecule has 0 radical (unpaired) electrons. The van der Waals surface area contributed by atoms with Crippen LogP contribution in [0.25, 0.3) is 0 Å². The Bertz CT molecular complexity index is 904. The van der Waals surface area contributed by atoms with Crippen LogP contribution < -0.4 is 4.74 Å². The van der Waals surface area contributed by atoms with Crippen LogP contribution in [0.4, 0.5) is 0 Å². The van der Waals surface area contributed by atoms with Gasteiger partial charge in [-0.15, -0.1) is 0 Å². The number of hydrogen-bond acceptors (Lipinski definition) is 3. The van der Waals surface area contributed by atoms with Gasteiger partial charge < -0.3 is 9.47 Å². The van der Waals surface area contributed by atoms with Crippen LogP contribution in [0, 0.1) is 0 Å². The molecule has 0 aliphatic rings. The van der Waals surface area contributed by atoms with E-state index in [0.717, 1.165) is 31.4 Å². The summed E-state index contributed by atoms with van der Waals surface area (Å²) in [5, 5.41) is 0. The zero-order valence-corrected chi connectivity index (χ0v) is 19.0. The quantitative estimate of drug-likeness (QED) is 0.265. The fraction of sp³-hybridized carbons (Fsp3) is 0.345. The maximum absolute atomic E-state index is 12.7. The Morgan fingerprint density at radius 2 is 1.47 bits per heavy atom. The molecule has 3 nitrogen and oxygen atoms in total. The Labute approximate surface area is 192 Å². The number of hydrogen-bond donors (Lipinski definition) is 0. The highest BCUT2D eigenvalue weighted by Gasteiger charge is 2.16. The van der Waals surface area contributed by atoms with Crippen LogP contribution in [0.3, 0.4) is 0 Å². The molecule has 0 aromatic heterocycles. The lowest BCUT2D eigenvalue weighted by Crippen LogP contribution is -2.10. The predicted molar refractivity (Wildman–Crippen MR) is 130 cm³/mol. The van der Waals surface area contributed by atoms with Crippen molar-refractivity contribution in [2.24, 2.45) is 0 Å². The first-order valence-electron chi connectivity index (χ1n) is 11.6. The van der Waals surface area contributed by atoms with Crippen molar-refractivity contribution in [1.29, 1.82) is 0 Å². The molecule has 3 aromatic carbocycles. The fourth-order valence-electron chi connectivity index (χ4n) is 3.93. The normalized spacial score (nSPS) is 11.8. The summed E-state index contributed by atoms with van der Waals surface area (Å²) in [4.78, 5) is 12.7. The Morgan fingerprint density at radius 3 is 2.12 bits per heavy atom. The topological polar surface area (TPSA) is 35.5 Å². The molecule has 32 heavy (non-hydrogen) atoms. The molecule has 1 atom stereocenters. The molecule has 1 unspecified atom stereocenters. The number of unbranched alkanes of at least 4 members (excludes halogenated alkanes) is 1. The van der Waals surface area contributed by atoms with E-state index in [0.29, 0.717) is 31.8 Å². The van der Waals surface area contributed by atoms with Crippen molar-refractivity contribution < 1.29 is 14.3 Å². The number of ether oxygens (including phenoxy) is 2. The first kappa shape index (κ1) is 23.7. The van der Waals surface area contributed by atoms with Gasteiger partial charge in [-0.3, -0.25) is 4.79 Å². The number of carbonyl (C=O) groups excluding carboxylic acids is 1. The van der Waals surface area contributed by atoms with Gasteiger partial charge in [-0.05, 0) is 60.4 Å². The predicted octanol–water partition coefficient (Wildman–Crippen LogP) is 6.76. The van der Waals surface area contributed by atoms with Crippen LogP contribution in [0.1, 0.15) is 54.7 Å². The number of carbonyl (C=O) groups is 1. The van der Waals surface area contributed by atoms with Gasteiger partial charge in [0.05, 0.1) is 13.7 Å². The Morgan fingerprint density at radius 1 is 0.812 bits per heavy atom. The number of benzene rings is 3. The van der Waals surface area contributed by atoms with E-state index in [1.165, 1.54) is 16.7 Å². The first-order valence-corrected chi connectivity index (χ1v) is 11.6. The van der Waals surface area contributed by atoms with Gasteiger partial charge in [0.2, 0.25) is 0 Å². The summed E-state index contributed by atoms with van der Waals surface area (Å²) in [5.41, 5.74) is 3.68. The van der Waals surface area contributed by atoms with Crippen LogP contribution in [-0.2, 0) is 22.6 Å². The third kappa shape index (κ3) is 8.32. The Hall–Kier alpha value is -2.91. The van der Waals surface area contributed by atoms with E-state index in [-0.39, 0.29) is 5.92 Å². The van der Waals surface area contributed by atoms with Crippen LogP contribution in [0.15, 0.2) is 84.9 Å². The molecule has 0 saturated carbocycles. The van der Waals surface area contributed by atoms with Crippen molar-refractivity contribution in [3.63, 3.8) is 0 Å². The zero-order chi connectivity index (χ0) is 22.4. The molecule has 3 heteroatoms. The first-order chi connectivity index (χ1) is 15.7. The smallest absolute Gasteiger partial charge is 0.133 e. The van der Waals surface area contributed by atoms with Gasteiger partial charge in [0.1, 0.15) is 11.5 Å². The SMILES string of the molecule is COc1ccc(C(CCOCc2ccccc2)CC(=O)CCCCc2ccccc2)cc1. The molecule has 0 spiro atoms. The highest BCUT2D eigenvalue weighted by molar-refractivity contribution is 5.79. The fourth-order valence-corrected chi connectivity index (χ4v) is 3.93. The largest absolute Gasteiger partial charge is 0.497 e. The van der Waals surface area contributed by atoms with Crippen molar-refractivity contribution in [2.45, 2.75) is 51.0 Å². The number of rotatable bonds is 14. The van der Waals surface area contributed by atoms with Crippen LogP contribution in [0.5, 0.6) is 5.75 Å². The number of aryl methyl sites for hydroxylation is 1. The Balaban J connectivity index is 1.48. The van der Waals surface area contributed by atoms with Gasteiger partial charge >= 0.3 is 0 Å². The summed E-state index contributed by atoms with van der Waals surface area (Å²) in [5.74, 6) is 1.33. The van der Waals surface area contributed by atoms with Gasteiger partial charge in [-0.25, -0.2) is 0 Å². The molecule has 0 heterocycles. The minimum atomic E-state index is 0.165. The number of ketones is 1. The van der Waals surface area contributed by atoms with Gasteiger partial charge in [-0.1, -0.05) is 72.8 Å². The van der Waals surface area contributed by atoms with Gasteiger partial charge in [-0.2, -0.15) is 0 Å². The maximum atomic E-state index is 12.7. The van der Waals surface area contributed by atoms with E-state index in [9.17, 15) is 4.79 Å². The summed E-state index contributed by atoms with van der Waals surface area (Å²) in [7, 11) is 1.67. The molecule has 3 rings (SSSR count). The molecule has 0 aliphatic carbocycles. The van der Waals surface area contributed by atoms with Crippen molar-refractivity contribution >= 4 is 5.78 Å². The minimum absolute atomic E-state index is 0.165. The molecule has 3 aromatic rings. The standard InChI is InChI=1S/C29H34O3/c1-31-29-18-16-26(17-19-29)27(20-21-32-23-25-13-6-3-7-14-25)22-28(30)15-9-8-12-24-10-4-2-5-11-24/h2-7,10-11,13-14,16-19,27H,8-9,12,15,20-23H2,1H3. The summed E-state index contributed by atoms with van der Waals surface area (Å²) >= 11 is 0. The molecular formula is C29H34O3. The summed E-state index contributed by atoms with van der Waals surface area (Å²) in [6, 6.07) is 28.8. The molecule has 0 saturated heterocycles. The van der Waals surface area contributed by atoms with Gasteiger partial charge in [0.25, 0.3) is 0 Å². The lowest BCUT2D eigenvalue weighted by atomic mass is 9.89. The lowest BCUT2D eigenvalue weighted by molar-refractivity contribution is -0.119.